The van der Waals surface area contributed by atoms with Crippen LogP contribution in [0.25, 0.3) is 0 Å². The van der Waals surface area contributed by atoms with Crippen LogP contribution >= 0.6 is 15.9 Å². The van der Waals surface area contributed by atoms with Crippen LogP contribution in [0.2, 0.25) is 0 Å². The van der Waals surface area contributed by atoms with Crippen LogP contribution in [0.3, 0.4) is 0 Å². The third-order valence-corrected chi connectivity index (χ3v) is 4.29. The molecule has 2 unspecified atom stereocenters. The number of nitrogens with zero attached hydrogens (tertiary/aromatic N) is 1. The number of fused-ring (bicyclic) bond motifs is 1. The summed E-state index contributed by atoms with van der Waals surface area (Å²) >= 11 is 3.44. The number of hydrogen-bond donors (Lipinski definition) is 0. The number of halogens is 1. The Hall–Kier alpha value is -1.36. The van der Waals surface area contributed by atoms with E-state index in [1.54, 1.807) is 11.8 Å². The molecule has 0 N–H and O–H groups in total. The van der Waals surface area contributed by atoms with Gasteiger partial charge in [0.1, 0.15) is 6.04 Å². The number of rotatable bonds is 4. The summed E-state index contributed by atoms with van der Waals surface area (Å²) in [6, 6.07) is 5.16. The van der Waals surface area contributed by atoms with Crippen LogP contribution in [-0.2, 0) is 20.7 Å². The molecule has 2 atom stereocenters. The first-order valence-corrected chi connectivity index (χ1v) is 8.04. The Morgan fingerprint density at radius 2 is 2.10 bits per heavy atom. The second-order valence-electron chi connectivity index (χ2n) is 5.37. The molecule has 1 aromatic rings. The zero-order valence-corrected chi connectivity index (χ0v) is 14.1. The molecule has 4 nitrogen and oxygen atoms in total. The molecule has 5 heteroatoms. The average Bonchev–Trinajstić information content (AvgIpc) is 2.46. The molecule has 0 fully saturated rings. The zero-order chi connectivity index (χ0) is 15.6. The van der Waals surface area contributed by atoms with Crippen LogP contribution in [0, 0.1) is 0 Å². The van der Waals surface area contributed by atoms with Crippen molar-refractivity contribution in [2.24, 2.45) is 0 Å². The fraction of sp³-hybridized carbons (Fsp3) is 0.500. The molecule has 1 aromatic carbocycles. The van der Waals surface area contributed by atoms with E-state index in [1.807, 2.05) is 32.0 Å². The maximum atomic E-state index is 12.2. The lowest BCUT2D eigenvalue weighted by atomic mass is 9.99. The quantitative estimate of drug-likeness (QED) is 0.778. The first-order chi connectivity index (χ1) is 9.93. The van der Waals surface area contributed by atoms with Gasteiger partial charge in [0, 0.05) is 16.6 Å². The van der Waals surface area contributed by atoms with Gasteiger partial charge in [-0.1, -0.05) is 22.9 Å². The van der Waals surface area contributed by atoms with E-state index in [0.717, 1.165) is 22.1 Å². The maximum absolute atomic E-state index is 12.2. The Labute approximate surface area is 133 Å². The highest BCUT2D eigenvalue weighted by Gasteiger charge is 2.33. The Kier molecular flexibility index (Phi) is 5.04. The summed E-state index contributed by atoms with van der Waals surface area (Å²) in [6.07, 6.45) is 1.75. The lowest BCUT2D eigenvalue weighted by molar-refractivity contribution is -0.150. The highest BCUT2D eigenvalue weighted by atomic mass is 79.9. The average molecular weight is 354 g/mol. The molecule has 1 aliphatic rings. The lowest BCUT2D eigenvalue weighted by Gasteiger charge is -2.33. The van der Waals surface area contributed by atoms with Crippen LogP contribution in [0.5, 0.6) is 0 Å². The van der Waals surface area contributed by atoms with Crippen LogP contribution < -0.4 is 4.90 Å². The van der Waals surface area contributed by atoms with Gasteiger partial charge in [0.25, 0.3) is 0 Å². The minimum Gasteiger partial charge on any atom is -0.461 e. The van der Waals surface area contributed by atoms with E-state index in [0.29, 0.717) is 12.8 Å². The van der Waals surface area contributed by atoms with Gasteiger partial charge in [-0.25, -0.2) is 4.79 Å². The van der Waals surface area contributed by atoms with Gasteiger partial charge >= 0.3 is 5.97 Å². The summed E-state index contributed by atoms with van der Waals surface area (Å²) < 4.78 is 6.34. The van der Waals surface area contributed by atoms with Crippen molar-refractivity contribution in [2.75, 3.05) is 4.90 Å². The third kappa shape index (κ3) is 3.46. The number of hydrogen-bond acceptors (Lipinski definition) is 3. The Morgan fingerprint density at radius 3 is 2.76 bits per heavy atom. The van der Waals surface area contributed by atoms with Crippen molar-refractivity contribution in [3.63, 3.8) is 0 Å². The van der Waals surface area contributed by atoms with Gasteiger partial charge in [-0.2, -0.15) is 0 Å². The molecule has 0 spiro atoms. The fourth-order valence-corrected chi connectivity index (χ4v) is 2.80. The maximum Gasteiger partial charge on any atom is 0.329 e. The number of benzene rings is 1. The Bertz CT molecular complexity index is 558. The van der Waals surface area contributed by atoms with Crippen LogP contribution in [0.4, 0.5) is 5.69 Å². The molecule has 114 valence electrons. The lowest BCUT2D eigenvalue weighted by Crippen LogP contribution is -2.47. The summed E-state index contributed by atoms with van der Waals surface area (Å²) in [5, 5.41) is 0. The number of amides is 1. The molecule has 0 saturated carbocycles. The monoisotopic (exact) mass is 353 g/mol. The molecule has 1 amide bonds. The van der Waals surface area contributed by atoms with Crippen molar-refractivity contribution in [3.8, 4) is 0 Å². The molecule has 0 aliphatic carbocycles. The molecule has 0 aromatic heterocycles. The molecule has 2 rings (SSSR count). The van der Waals surface area contributed by atoms with Gasteiger partial charge in [0.05, 0.1) is 6.10 Å². The van der Waals surface area contributed by atoms with E-state index >= 15 is 0 Å². The number of ether oxygens (including phenoxy) is 1. The van der Waals surface area contributed by atoms with Crippen molar-refractivity contribution < 1.29 is 14.3 Å². The van der Waals surface area contributed by atoms with Crippen molar-refractivity contribution in [1.29, 1.82) is 0 Å². The fourth-order valence-electron chi connectivity index (χ4n) is 2.40. The minimum absolute atomic E-state index is 0.0292. The predicted molar refractivity (Wildman–Crippen MR) is 85.3 cm³/mol. The topological polar surface area (TPSA) is 46.6 Å². The number of carbonyl (C=O) groups excluding carboxylic acids is 2. The van der Waals surface area contributed by atoms with E-state index < -0.39 is 6.04 Å². The molecule has 1 aliphatic heterocycles. The van der Waals surface area contributed by atoms with Crippen molar-refractivity contribution in [3.05, 3.63) is 28.2 Å². The van der Waals surface area contributed by atoms with Crippen molar-refractivity contribution >= 4 is 33.5 Å². The zero-order valence-electron chi connectivity index (χ0n) is 12.6. The first kappa shape index (κ1) is 16.0. The molecular formula is C16H20BrNO3. The third-order valence-electron chi connectivity index (χ3n) is 3.80. The van der Waals surface area contributed by atoms with Gasteiger partial charge in [-0.15, -0.1) is 0 Å². The smallest absolute Gasteiger partial charge is 0.329 e. The van der Waals surface area contributed by atoms with E-state index in [2.05, 4.69) is 15.9 Å². The van der Waals surface area contributed by atoms with Gasteiger partial charge < -0.3 is 4.74 Å². The van der Waals surface area contributed by atoms with Gasteiger partial charge in [-0.05, 0) is 50.5 Å². The number of aryl methyl sites for hydroxylation is 1. The largest absolute Gasteiger partial charge is 0.461 e. The number of anilines is 1. The van der Waals surface area contributed by atoms with E-state index in [1.165, 1.54) is 0 Å². The van der Waals surface area contributed by atoms with Crippen LogP contribution in [0.1, 0.15) is 39.2 Å². The summed E-state index contributed by atoms with van der Waals surface area (Å²) in [5.41, 5.74) is 1.88. The Balaban J connectivity index is 2.26. The van der Waals surface area contributed by atoms with Gasteiger partial charge in [0.15, 0.2) is 0 Å². The summed E-state index contributed by atoms with van der Waals surface area (Å²) in [5.74, 6) is -0.383. The highest BCUT2D eigenvalue weighted by Crippen LogP contribution is 2.32. The molecule has 0 bridgehead atoms. The van der Waals surface area contributed by atoms with Crippen LogP contribution in [0.15, 0.2) is 22.7 Å². The highest BCUT2D eigenvalue weighted by molar-refractivity contribution is 9.10. The van der Waals surface area contributed by atoms with Crippen LogP contribution in [-0.4, -0.2) is 24.0 Å². The first-order valence-electron chi connectivity index (χ1n) is 7.25. The predicted octanol–water partition coefficient (Wildman–Crippen LogP) is 3.46. The number of carbonyl (C=O) groups is 2. The molecule has 1 heterocycles. The SMILES string of the molecule is CCC(C)OC(=O)C(C)N1C(=O)CCc2cc(Br)ccc21. The van der Waals surface area contributed by atoms with Crippen molar-refractivity contribution in [2.45, 2.75) is 52.2 Å². The molecule has 0 saturated heterocycles. The standard InChI is InChI=1S/C16H20BrNO3/c1-4-10(2)21-16(20)11(3)18-14-7-6-13(17)9-12(14)5-8-15(18)19/h6-7,9-11H,4-5,8H2,1-3H3. The molecular weight excluding hydrogens is 334 g/mol. The van der Waals surface area contributed by atoms with E-state index in [4.69, 9.17) is 4.74 Å². The van der Waals surface area contributed by atoms with Crippen molar-refractivity contribution in [1.82, 2.24) is 0 Å². The normalized spacial score (nSPS) is 17.1. The second kappa shape index (κ2) is 6.60. The molecule has 21 heavy (non-hydrogen) atoms. The molecule has 0 radical (unpaired) electrons. The Morgan fingerprint density at radius 1 is 1.38 bits per heavy atom. The minimum atomic E-state index is -0.605. The van der Waals surface area contributed by atoms with E-state index in [9.17, 15) is 9.59 Å². The summed E-state index contributed by atoms with van der Waals surface area (Å²) in [6.45, 7) is 5.54. The van der Waals surface area contributed by atoms with Gasteiger partial charge in [-0.3, -0.25) is 9.69 Å². The second-order valence-corrected chi connectivity index (χ2v) is 6.28. The number of esters is 1. The van der Waals surface area contributed by atoms with E-state index in [-0.39, 0.29) is 18.0 Å². The summed E-state index contributed by atoms with van der Waals surface area (Å²) in [7, 11) is 0. The summed E-state index contributed by atoms with van der Waals surface area (Å²) in [4.78, 5) is 26.0. The van der Waals surface area contributed by atoms with Gasteiger partial charge in [0.2, 0.25) is 5.91 Å².